The molecule has 2 N–H and O–H groups in total. The maximum Gasteiger partial charge on any atom is 0.349 e. The van der Waals surface area contributed by atoms with Crippen molar-refractivity contribution in [3.8, 4) is 0 Å². The Balaban J connectivity index is 2.10. The maximum atomic E-state index is 12.2. The normalized spacial score (nSPS) is 15.1. The molecule has 5 heteroatoms. The van der Waals surface area contributed by atoms with E-state index in [1.54, 1.807) is 29.2 Å². The van der Waals surface area contributed by atoms with Crippen molar-refractivity contribution >= 4 is 22.6 Å². The average Bonchev–Trinajstić information content (AvgIpc) is 2.91. The van der Waals surface area contributed by atoms with Gasteiger partial charge in [-0.3, -0.25) is 4.79 Å². The number of benzene rings is 1. The number of hydrogen-bond acceptors (Lipinski definition) is 4. The van der Waals surface area contributed by atoms with Crippen LogP contribution in [0.4, 0.5) is 5.69 Å². The lowest BCUT2D eigenvalue weighted by molar-refractivity contribution is 0.0789. The molecule has 2 aromatic rings. The Morgan fingerprint density at radius 3 is 2.68 bits per heavy atom. The van der Waals surface area contributed by atoms with E-state index >= 15 is 0 Å². The number of fused-ring (bicyclic) bond motifs is 1. The average molecular weight is 258 g/mol. The minimum Gasteiger partial charge on any atom is -0.422 e. The maximum absolute atomic E-state index is 12.2. The number of likely N-dealkylation sites (tertiary alicyclic amines) is 1. The minimum absolute atomic E-state index is 0.0833. The molecule has 3 rings (SSSR count). The van der Waals surface area contributed by atoms with Crippen molar-refractivity contribution in [2.75, 3.05) is 18.8 Å². The first-order chi connectivity index (χ1) is 9.15. The Bertz CT molecular complexity index is 699. The highest BCUT2D eigenvalue weighted by atomic mass is 16.4. The van der Waals surface area contributed by atoms with E-state index < -0.39 is 5.63 Å². The van der Waals surface area contributed by atoms with Crippen molar-refractivity contribution in [2.45, 2.75) is 12.8 Å². The van der Waals surface area contributed by atoms with Crippen LogP contribution in [0.25, 0.3) is 11.0 Å². The molecule has 0 aliphatic carbocycles. The molecule has 1 fully saturated rings. The Morgan fingerprint density at radius 1 is 1.21 bits per heavy atom. The van der Waals surface area contributed by atoms with Crippen molar-refractivity contribution < 1.29 is 9.21 Å². The number of carbonyl (C=O) groups excluding carboxylic acids is 1. The first kappa shape index (κ1) is 11.8. The fourth-order valence-electron chi connectivity index (χ4n) is 2.38. The van der Waals surface area contributed by atoms with Crippen molar-refractivity contribution in [1.82, 2.24) is 4.90 Å². The molecular formula is C14H14N2O3. The van der Waals surface area contributed by atoms with Gasteiger partial charge in [-0.15, -0.1) is 0 Å². The molecule has 1 amide bonds. The summed E-state index contributed by atoms with van der Waals surface area (Å²) in [6.45, 7) is 1.40. The fraction of sp³-hybridized carbons (Fsp3) is 0.286. The van der Waals surface area contributed by atoms with Crippen LogP contribution in [-0.2, 0) is 0 Å². The van der Waals surface area contributed by atoms with Gasteiger partial charge in [0.15, 0.2) is 0 Å². The van der Waals surface area contributed by atoms with E-state index in [2.05, 4.69) is 0 Å². The van der Waals surface area contributed by atoms with Gasteiger partial charge in [-0.25, -0.2) is 4.79 Å². The zero-order valence-corrected chi connectivity index (χ0v) is 10.4. The van der Waals surface area contributed by atoms with Crippen LogP contribution in [0.3, 0.4) is 0 Å². The molecule has 0 bridgehead atoms. The molecule has 2 heterocycles. The van der Waals surface area contributed by atoms with E-state index in [-0.39, 0.29) is 11.5 Å². The number of rotatable bonds is 1. The van der Waals surface area contributed by atoms with Crippen LogP contribution in [0.15, 0.2) is 33.5 Å². The summed E-state index contributed by atoms with van der Waals surface area (Å²) in [5.41, 5.74) is 6.20. The largest absolute Gasteiger partial charge is 0.422 e. The summed E-state index contributed by atoms with van der Waals surface area (Å²) in [6.07, 6.45) is 1.97. The van der Waals surface area contributed by atoms with Gasteiger partial charge >= 0.3 is 5.63 Å². The van der Waals surface area contributed by atoms with Crippen LogP contribution < -0.4 is 11.4 Å². The van der Waals surface area contributed by atoms with E-state index in [0.717, 1.165) is 12.8 Å². The number of nitrogen functional groups attached to an aromatic ring is 1. The molecule has 0 radical (unpaired) electrons. The van der Waals surface area contributed by atoms with Crippen molar-refractivity contribution in [1.29, 1.82) is 0 Å². The van der Waals surface area contributed by atoms with Crippen LogP contribution in [0.1, 0.15) is 23.2 Å². The SMILES string of the molecule is Nc1ccc2oc(=O)c(C(=O)N3CCCC3)cc2c1. The van der Waals surface area contributed by atoms with Crippen molar-refractivity contribution in [3.63, 3.8) is 0 Å². The second kappa shape index (κ2) is 4.42. The quantitative estimate of drug-likeness (QED) is 0.622. The smallest absolute Gasteiger partial charge is 0.349 e. The van der Waals surface area contributed by atoms with E-state index in [0.29, 0.717) is 29.7 Å². The molecule has 5 nitrogen and oxygen atoms in total. The zero-order valence-electron chi connectivity index (χ0n) is 10.4. The minimum atomic E-state index is -0.589. The molecule has 0 atom stereocenters. The predicted octanol–water partition coefficient (Wildman–Crippen LogP) is 1.61. The van der Waals surface area contributed by atoms with Gasteiger partial charge in [0.25, 0.3) is 5.91 Å². The Kier molecular flexibility index (Phi) is 2.74. The second-order valence-corrected chi connectivity index (χ2v) is 4.74. The summed E-state index contributed by atoms with van der Waals surface area (Å²) in [7, 11) is 0. The summed E-state index contributed by atoms with van der Waals surface area (Å²) in [5.74, 6) is -0.254. The van der Waals surface area contributed by atoms with E-state index in [1.807, 2.05) is 0 Å². The van der Waals surface area contributed by atoms with Gasteiger partial charge in [-0.1, -0.05) is 0 Å². The van der Waals surface area contributed by atoms with Gasteiger partial charge in [-0.2, -0.15) is 0 Å². The monoisotopic (exact) mass is 258 g/mol. The van der Waals surface area contributed by atoms with Gasteiger partial charge in [0.2, 0.25) is 0 Å². The van der Waals surface area contributed by atoms with Gasteiger partial charge in [0, 0.05) is 24.2 Å². The van der Waals surface area contributed by atoms with Crippen molar-refractivity contribution in [2.24, 2.45) is 0 Å². The van der Waals surface area contributed by atoms with Crippen LogP contribution in [0.2, 0.25) is 0 Å². The number of carbonyl (C=O) groups is 1. The summed E-state index contributed by atoms with van der Waals surface area (Å²) in [4.78, 5) is 25.8. The molecule has 1 saturated heterocycles. The third-order valence-electron chi connectivity index (χ3n) is 3.38. The molecule has 1 aliphatic rings. The lowest BCUT2D eigenvalue weighted by atomic mass is 10.1. The third kappa shape index (κ3) is 2.07. The first-order valence-corrected chi connectivity index (χ1v) is 6.28. The summed E-state index contributed by atoms with van der Waals surface area (Å²) >= 11 is 0. The molecule has 0 spiro atoms. The van der Waals surface area contributed by atoms with Crippen LogP contribution >= 0.6 is 0 Å². The van der Waals surface area contributed by atoms with Crippen LogP contribution in [0.5, 0.6) is 0 Å². The summed E-state index contributed by atoms with van der Waals surface area (Å²) in [6, 6.07) is 6.56. The fourth-order valence-corrected chi connectivity index (χ4v) is 2.38. The molecule has 1 aromatic carbocycles. The molecule has 19 heavy (non-hydrogen) atoms. The van der Waals surface area contributed by atoms with E-state index in [9.17, 15) is 9.59 Å². The molecule has 0 unspecified atom stereocenters. The van der Waals surface area contributed by atoms with E-state index in [4.69, 9.17) is 10.2 Å². The van der Waals surface area contributed by atoms with Gasteiger partial charge in [0.1, 0.15) is 11.1 Å². The first-order valence-electron chi connectivity index (χ1n) is 6.28. The molecule has 0 saturated carbocycles. The number of amides is 1. The molecule has 1 aliphatic heterocycles. The summed E-state index contributed by atoms with van der Waals surface area (Å²) < 4.78 is 5.17. The number of anilines is 1. The van der Waals surface area contributed by atoms with Gasteiger partial charge in [-0.05, 0) is 37.1 Å². The molecule has 98 valence electrons. The Hall–Kier alpha value is -2.30. The Morgan fingerprint density at radius 2 is 1.95 bits per heavy atom. The lowest BCUT2D eigenvalue weighted by Gasteiger charge is -2.14. The topological polar surface area (TPSA) is 76.5 Å². The van der Waals surface area contributed by atoms with Gasteiger partial charge < -0.3 is 15.1 Å². The predicted molar refractivity (Wildman–Crippen MR) is 72.0 cm³/mol. The Labute approximate surface area is 109 Å². The van der Waals surface area contributed by atoms with Crippen LogP contribution in [0, 0.1) is 0 Å². The number of nitrogens with two attached hydrogens (primary N) is 1. The summed E-state index contributed by atoms with van der Waals surface area (Å²) in [5, 5.41) is 0.669. The third-order valence-corrected chi connectivity index (χ3v) is 3.38. The number of nitrogens with zero attached hydrogens (tertiary/aromatic N) is 1. The number of hydrogen-bond donors (Lipinski definition) is 1. The lowest BCUT2D eigenvalue weighted by Crippen LogP contribution is -2.31. The second-order valence-electron chi connectivity index (χ2n) is 4.74. The highest BCUT2D eigenvalue weighted by Gasteiger charge is 2.23. The van der Waals surface area contributed by atoms with Gasteiger partial charge in [0.05, 0.1) is 0 Å². The van der Waals surface area contributed by atoms with E-state index in [1.165, 1.54) is 0 Å². The van der Waals surface area contributed by atoms with Crippen LogP contribution in [-0.4, -0.2) is 23.9 Å². The standard InChI is InChI=1S/C14H14N2O3/c15-10-3-4-12-9(7-10)8-11(14(18)19-12)13(17)16-5-1-2-6-16/h3-4,7-8H,1-2,5-6,15H2. The zero-order chi connectivity index (χ0) is 13.4. The molecular weight excluding hydrogens is 244 g/mol. The highest BCUT2D eigenvalue weighted by molar-refractivity contribution is 5.97. The molecule has 1 aromatic heterocycles. The van der Waals surface area contributed by atoms with Crippen molar-refractivity contribution in [3.05, 3.63) is 40.2 Å². The highest BCUT2D eigenvalue weighted by Crippen LogP contribution is 2.18.